The van der Waals surface area contributed by atoms with E-state index in [-0.39, 0.29) is 35.8 Å². The Bertz CT molecular complexity index is 800. The van der Waals surface area contributed by atoms with Crippen LogP contribution in [0.15, 0.2) is 36.4 Å². The maximum Gasteiger partial charge on any atom is 0.262 e. The van der Waals surface area contributed by atoms with Gasteiger partial charge in [0.2, 0.25) is 6.17 Å². The summed E-state index contributed by atoms with van der Waals surface area (Å²) in [7, 11) is 0. The van der Waals surface area contributed by atoms with E-state index in [1.165, 1.54) is 24.3 Å². The number of halogens is 3. The molecule has 0 spiro atoms. The number of benzene rings is 2. The Kier molecular flexibility index (Phi) is 7.54. The topological polar surface area (TPSA) is 87.4 Å². The van der Waals surface area contributed by atoms with Gasteiger partial charge in [0.25, 0.3) is 5.91 Å². The fourth-order valence-electron chi connectivity index (χ4n) is 2.56. The fraction of sp³-hybridized carbons (Fsp3) is 0.350. The molecule has 0 bridgehead atoms. The van der Waals surface area contributed by atoms with E-state index in [0.29, 0.717) is 12.8 Å². The van der Waals surface area contributed by atoms with Gasteiger partial charge in [-0.1, -0.05) is 31.9 Å². The summed E-state index contributed by atoms with van der Waals surface area (Å²) in [5.41, 5.74) is 6.09. The summed E-state index contributed by atoms with van der Waals surface area (Å²) in [4.78, 5) is 11.9. The molecule has 2 atom stereocenters. The Balaban J connectivity index is 2.02. The Morgan fingerprint density at radius 1 is 1.14 bits per heavy atom. The Labute approximate surface area is 161 Å². The molecule has 2 aromatic carbocycles. The highest BCUT2D eigenvalue weighted by Gasteiger charge is 2.28. The summed E-state index contributed by atoms with van der Waals surface area (Å²) < 4.78 is 42.1. The van der Waals surface area contributed by atoms with Crippen LogP contribution >= 0.6 is 0 Å². The number of carbonyl (C=O) groups excluding carboxylic acids is 1. The summed E-state index contributed by atoms with van der Waals surface area (Å²) in [6.07, 6.45) is -3.17. The third kappa shape index (κ3) is 5.55. The molecular weight excluding hydrogens is 371 g/mol. The number of phenolic OH excluding ortho intramolecular Hbond substituents is 1. The van der Waals surface area contributed by atoms with Gasteiger partial charge in [0.05, 0.1) is 17.1 Å². The number of rotatable bonds is 9. The maximum atomic E-state index is 14.5. The standard InChI is InChI=1S/C20H24F3N3O2/c1-2-3-4-14(21)17(22)20(28)26-16-10-9-15(18(23)19(16)24)25-11-12-5-7-13(27)8-6-12/h5-10,14,17,25,27H,2-4,11,24H2,1H3,(H,26,28)/t14-,17+/m1/s1. The Hall–Kier alpha value is -2.90. The van der Waals surface area contributed by atoms with Crippen LogP contribution in [0.2, 0.25) is 0 Å². The molecule has 0 saturated heterocycles. The number of aromatic hydroxyl groups is 1. The minimum atomic E-state index is -2.35. The van der Waals surface area contributed by atoms with Gasteiger partial charge in [-0.25, -0.2) is 13.2 Å². The zero-order valence-electron chi connectivity index (χ0n) is 15.5. The fourth-order valence-corrected chi connectivity index (χ4v) is 2.56. The minimum absolute atomic E-state index is 0.0605. The number of carbonyl (C=O) groups is 1. The van der Waals surface area contributed by atoms with Gasteiger partial charge in [0.1, 0.15) is 11.9 Å². The summed E-state index contributed by atoms with van der Waals surface area (Å²) in [5.74, 6) is -1.88. The van der Waals surface area contributed by atoms with Gasteiger partial charge in [-0.15, -0.1) is 0 Å². The minimum Gasteiger partial charge on any atom is -0.508 e. The third-order valence-electron chi connectivity index (χ3n) is 4.26. The van der Waals surface area contributed by atoms with Crippen LogP contribution in [0.4, 0.5) is 30.2 Å². The summed E-state index contributed by atoms with van der Waals surface area (Å²) >= 11 is 0. The monoisotopic (exact) mass is 395 g/mol. The van der Waals surface area contributed by atoms with Crippen LogP contribution in [-0.4, -0.2) is 23.4 Å². The molecule has 2 aromatic rings. The number of nitrogen functional groups attached to an aromatic ring is 1. The van der Waals surface area contributed by atoms with E-state index >= 15 is 0 Å². The van der Waals surface area contributed by atoms with Crippen molar-refractivity contribution in [1.82, 2.24) is 0 Å². The lowest BCUT2D eigenvalue weighted by molar-refractivity contribution is -0.123. The second-order valence-corrected chi connectivity index (χ2v) is 6.46. The van der Waals surface area contributed by atoms with Gasteiger partial charge in [-0.05, 0) is 36.2 Å². The van der Waals surface area contributed by atoms with Crippen molar-refractivity contribution in [2.24, 2.45) is 0 Å². The smallest absolute Gasteiger partial charge is 0.262 e. The van der Waals surface area contributed by atoms with Gasteiger partial charge in [-0.3, -0.25) is 4.79 Å². The SMILES string of the molecule is CCCC[C@@H](F)[C@H](F)C(=O)Nc1ccc(NCc2ccc(O)cc2)c(F)c1N. The molecule has 0 aliphatic carbocycles. The molecule has 152 valence electrons. The van der Waals surface area contributed by atoms with Crippen LogP contribution < -0.4 is 16.4 Å². The number of nitrogens with one attached hydrogen (secondary N) is 2. The van der Waals surface area contributed by atoms with Crippen molar-refractivity contribution in [3.05, 3.63) is 47.8 Å². The number of alkyl halides is 2. The van der Waals surface area contributed by atoms with E-state index in [4.69, 9.17) is 5.73 Å². The van der Waals surface area contributed by atoms with E-state index in [0.717, 1.165) is 5.56 Å². The van der Waals surface area contributed by atoms with Gasteiger partial charge in [0.15, 0.2) is 5.82 Å². The van der Waals surface area contributed by atoms with Crippen molar-refractivity contribution in [2.75, 3.05) is 16.4 Å². The molecule has 5 nitrogen and oxygen atoms in total. The molecule has 0 aliphatic heterocycles. The molecule has 0 unspecified atom stereocenters. The van der Waals surface area contributed by atoms with E-state index in [1.54, 1.807) is 12.1 Å². The highest BCUT2D eigenvalue weighted by atomic mass is 19.2. The highest BCUT2D eigenvalue weighted by molar-refractivity contribution is 5.97. The molecule has 28 heavy (non-hydrogen) atoms. The first-order valence-corrected chi connectivity index (χ1v) is 9.02. The van der Waals surface area contributed by atoms with Crippen molar-refractivity contribution in [1.29, 1.82) is 0 Å². The molecule has 0 aliphatic rings. The second-order valence-electron chi connectivity index (χ2n) is 6.46. The van der Waals surface area contributed by atoms with Crippen LogP contribution in [0.1, 0.15) is 31.7 Å². The number of hydrogen-bond acceptors (Lipinski definition) is 4. The number of hydrogen-bond donors (Lipinski definition) is 4. The molecule has 8 heteroatoms. The zero-order valence-corrected chi connectivity index (χ0v) is 15.5. The molecule has 0 heterocycles. The van der Waals surface area contributed by atoms with Gasteiger partial charge < -0.3 is 21.5 Å². The maximum absolute atomic E-state index is 14.5. The van der Waals surface area contributed by atoms with E-state index in [9.17, 15) is 23.1 Å². The molecule has 1 amide bonds. The van der Waals surface area contributed by atoms with Gasteiger partial charge >= 0.3 is 0 Å². The molecule has 0 saturated carbocycles. The predicted octanol–water partition coefficient (Wildman–Crippen LogP) is 4.53. The zero-order chi connectivity index (χ0) is 20.7. The second kappa shape index (κ2) is 9.87. The van der Waals surface area contributed by atoms with E-state index in [1.807, 2.05) is 6.92 Å². The summed E-state index contributed by atoms with van der Waals surface area (Å²) in [6.45, 7) is 2.11. The third-order valence-corrected chi connectivity index (χ3v) is 4.26. The first-order valence-electron chi connectivity index (χ1n) is 9.02. The molecule has 5 N–H and O–H groups in total. The van der Waals surface area contributed by atoms with E-state index in [2.05, 4.69) is 10.6 Å². The molecule has 2 rings (SSSR count). The predicted molar refractivity (Wildman–Crippen MR) is 104 cm³/mol. The largest absolute Gasteiger partial charge is 0.508 e. The number of unbranched alkanes of at least 4 members (excludes halogenated alkanes) is 1. The van der Waals surface area contributed by atoms with Gasteiger partial charge in [-0.2, -0.15) is 0 Å². The summed E-state index contributed by atoms with van der Waals surface area (Å²) in [5, 5.41) is 14.3. The molecule has 0 fully saturated rings. The molecular formula is C20H24F3N3O2. The van der Waals surface area contributed by atoms with Crippen LogP contribution in [0.25, 0.3) is 0 Å². The van der Waals surface area contributed by atoms with Crippen LogP contribution in [0, 0.1) is 5.82 Å². The van der Waals surface area contributed by atoms with Crippen molar-refractivity contribution in [3.8, 4) is 5.75 Å². The first kappa shape index (κ1) is 21.4. The Morgan fingerprint density at radius 2 is 1.79 bits per heavy atom. The van der Waals surface area contributed by atoms with Crippen molar-refractivity contribution in [2.45, 2.75) is 45.1 Å². The number of amides is 1. The number of anilines is 3. The van der Waals surface area contributed by atoms with E-state index < -0.39 is 24.1 Å². The normalized spacial score (nSPS) is 13.0. The quantitative estimate of drug-likeness (QED) is 0.470. The lowest BCUT2D eigenvalue weighted by atomic mass is 10.1. The van der Waals surface area contributed by atoms with Crippen molar-refractivity contribution >= 4 is 23.0 Å². The lowest BCUT2D eigenvalue weighted by Gasteiger charge is -2.16. The number of phenols is 1. The van der Waals surface area contributed by atoms with Crippen LogP contribution in [0.5, 0.6) is 5.75 Å². The van der Waals surface area contributed by atoms with Crippen molar-refractivity contribution in [3.63, 3.8) is 0 Å². The average Bonchev–Trinajstić information content (AvgIpc) is 2.69. The lowest BCUT2D eigenvalue weighted by Crippen LogP contribution is -2.32. The molecule has 0 radical (unpaired) electrons. The van der Waals surface area contributed by atoms with Crippen molar-refractivity contribution < 1.29 is 23.1 Å². The van der Waals surface area contributed by atoms with Crippen LogP contribution in [0.3, 0.4) is 0 Å². The summed E-state index contributed by atoms with van der Waals surface area (Å²) in [6, 6.07) is 9.02. The Morgan fingerprint density at radius 3 is 2.43 bits per heavy atom. The number of nitrogens with two attached hydrogens (primary N) is 1. The van der Waals surface area contributed by atoms with Gasteiger partial charge in [0, 0.05) is 6.54 Å². The highest BCUT2D eigenvalue weighted by Crippen LogP contribution is 2.29. The molecule has 0 aromatic heterocycles. The van der Waals surface area contributed by atoms with Crippen LogP contribution in [-0.2, 0) is 11.3 Å². The average molecular weight is 395 g/mol. The first-order chi connectivity index (χ1) is 13.3.